The van der Waals surface area contributed by atoms with Crippen molar-refractivity contribution < 1.29 is 4.73 Å². The van der Waals surface area contributed by atoms with Gasteiger partial charge in [-0.15, -0.1) is 0 Å². The third-order valence-corrected chi connectivity index (χ3v) is 2.26. The number of rotatable bonds is 0. The Morgan fingerprint density at radius 3 is 2.92 bits per heavy atom. The van der Waals surface area contributed by atoms with Crippen LogP contribution in [-0.4, -0.2) is 0 Å². The van der Waals surface area contributed by atoms with Crippen molar-refractivity contribution in [1.82, 2.24) is 0 Å². The van der Waals surface area contributed by atoms with Crippen LogP contribution in [0.1, 0.15) is 5.56 Å². The summed E-state index contributed by atoms with van der Waals surface area (Å²) >= 11 is 5.88. The molecule has 0 N–H and O–H groups in total. The van der Waals surface area contributed by atoms with Crippen LogP contribution in [-0.2, 0) is 0 Å². The Hall–Kier alpha value is -1.28. The Morgan fingerprint density at radius 1 is 1.38 bits per heavy atom. The number of benzene rings is 1. The highest BCUT2D eigenvalue weighted by molar-refractivity contribution is 6.31. The van der Waals surface area contributed by atoms with Gasteiger partial charge in [-0.2, -0.15) is 4.73 Å². The summed E-state index contributed by atoms with van der Waals surface area (Å²) in [7, 11) is 0. The molecule has 0 saturated heterocycles. The quantitative estimate of drug-likeness (QED) is 0.466. The molecular formula is C10H8ClNO. The van der Waals surface area contributed by atoms with Gasteiger partial charge >= 0.3 is 0 Å². The van der Waals surface area contributed by atoms with Crippen LogP contribution in [0.15, 0.2) is 30.6 Å². The Kier molecular flexibility index (Phi) is 1.85. The van der Waals surface area contributed by atoms with Gasteiger partial charge in [0, 0.05) is 11.1 Å². The highest BCUT2D eigenvalue weighted by Gasteiger charge is 2.02. The van der Waals surface area contributed by atoms with Gasteiger partial charge < -0.3 is 5.21 Å². The zero-order valence-electron chi connectivity index (χ0n) is 7.12. The van der Waals surface area contributed by atoms with Gasteiger partial charge in [-0.1, -0.05) is 11.6 Å². The minimum absolute atomic E-state index is 0.702. The number of aromatic nitrogens is 1. The fourth-order valence-electron chi connectivity index (χ4n) is 1.42. The molecule has 0 saturated carbocycles. The summed E-state index contributed by atoms with van der Waals surface area (Å²) in [6.45, 7) is 1.94. The van der Waals surface area contributed by atoms with Gasteiger partial charge in [-0.3, -0.25) is 0 Å². The maximum Gasteiger partial charge on any atom is 0.188 e. The highest BCUT2D eigenvalue weighted by atomic mass is 35.5. The monoisotopic (exact) mass is 193 g/mol. The topological polar surface area (TPSA) is 26.9 Å². The Bertz CT molecular complexity index is 468. The van der Waals surface area contributed by atoms with Crippen LogP contribution in [0.4, 0.5) is 0 Å². The van der Waals surface area contributed by atoms with Gasteiger partial charge in [-0.05, 0) is 30.0 Å². The third-order valence-electron chi connectivity index (χ3n) is 2.04. The molecule has 1 aromatic heterocycles. The first-order chi connectivity index (χ1) is 6.16. The maximum absolute atomic E-state index is 11.0. The Balaban J connectivity index is 2.87. The second-order valence-corrected chi connectivity index (χ2v) is 3.47. The fraction of sp³-hybridized carbons (Fsp3) is 0.100. The summed E-state index contributed by atoms with van der Waals surface area (Å²) in [4.78, 5) is 0. The van der Waals surface area contributed by atoms with E-state index in [0.717, 1.165) is 21.1 Å². The molecule has 0 fully saturated rings. The molecule has 3 heteroatoms. The molecule has 0 aliphatic rings. The summed E-state index contributed by atoms with van der Waals surface area (Å²) < 4.78 is 0.795. The van der Waals surface area contributed by atoms with Crippen molar-refractivity contribution in [2.75, 3.05) is 0 Å². The van der Waals surface area contributed by atoms with Crippen LogP contribution in [0.25, 0.3) is 10.8 Å². The number of hydrogen-bond acceptors (Lipinski definition) is 1. The molecule has 1 heterocycles. The number of aryl methyl sites for hydroxylation is 1. The predicted molar refractivity (Wildman–Crippen MR) is 52.7 cm³/mol. The Morgan fingerprint density at radius 2 is 2.15 bits per heavy atom. The van der Waals surface area contributed by atoms with E-state index in [9.17, 15) is 5.21 Å². The van der Waals surface area contributed by atoms with Crippen molar-refractivity contribution in [2.45, 2.75) is 6.92 Å². The van der Waals surface area contributed by atoms with Crippen molar-refractivity contribution in [3.63, 3.8) is 0 Å². The minimum Gasteiger partial charge on any atom is -0.619 e. The lowest BCUT2D eigenvalue weighted by molar-refractivity contribution is -0.603. The summed E-state index contributed by atoms with van der Waals surface area (Å²) in [6, 6.07) is 5.47. The van der Waals surface area contributed by atoms with Crippen molar-refractivity contribution >= 4 is 22.4 Å². The van der Waals surface area contributed by atoms with E-state index in [2.05, 4.69) is 0 Å². The van der Waals surface area contributed by atoms with Crippen molar-refractivity contribution in [1.29, 1.82) is 0 Å². The van der Waals surface area contributed by atoms with Crippen LogP contribution < -0.4 is 4.73 Å². The average Bonchev–Trinajstić information content (AvgIpc) is 2.06. The largest absolute Gasteiger partial charge is 0.619 e. The van der Waals surface area contributed by atoms with E-state index < -0.39 is 0 Å². The van der Waals surface area contributed by atoms with Crippen LogP contribution in [0, 0.1) is 12.1 Å². The predicted octanol–water partition coefficient (Wildman–Crippen LogP) is 2.44. The summed E-state index contributed by atoms with van der Waals surface area (Å²) in [5.41, 5.74) is 1.02. The van der Waals surface area contributed by atoms with Gasteiger partial charge in [-0.25, -0.2) is 0 Å². The number of fused-ring (bicyclic) bond motifs is 1. The SMILES string of the molecule is Cc1cc(Cl)cc2cc[n+]([O-])cc12. The van der Waals surface area contributed by atoms with Crippen LogP contribution >= 0.6 is 11.6 Å². The van der Waals surface area contributed by atoms with E-state index in [-0.39, 0.29) is 0 Å². The first kappa shape index (κ1) is 8.32. The molecule has 0 unspecified atom stereocenters. The second kappa shape index (κ2) is 2.89. The summed E-state index contributed by atoms with van der Waals surface area (Å²) in [5, 5.41) is 13.7. The number of halogens is 1. The first-order valence-corrected chi connectivity index (χ1v) is 4.33. The molecule has 0 atom stereocenters. The lowest BCUT2D eigenvalue weighted by Gasteiger charge is -2.02. The van der Waals surface area contributed by atoms with E-state index in [0.29, 0.717) is 5.02 Å². The Labute approximate surface area is 81.0 Å². The van der Waals surface area contributed by atoms with Gasteiger partial charge in [0.15, 0.2) is 12.4 Å². The van der Waals surface area contributed by atoms with Crippen LogP contribution in [0.3, 0.4) is 0 Å². The standard InChI is InChI=1S/C10H8ClNO/c1-7-4-9(11)5-8-2-3-12(13)6-10(7)8/h2-6H,1H3. The van der Waals surface area contributed by atoms with E-state index >= 15 is 0 Å². The van der Waals surface area contributed by atoms with Gasteiger partial charge in [0.1, 0.15) is 0 Å². The van der Waals surface area contributed by atoms with Crippen LogP contribution in [0.5, 0.6) is 0 Å². The van der Waals surface area contributed by atoms with Crippen molar-refractivity contribution in [3.05, 3.63) is 46.4 Å². The molecule has 0 amide bonds. The van der Waals surface area contributed by atoms with Crippen LogP contribution in [0.2, 0.25) is 5.02 Å². The second-order valence-electron chi connectivity index (χ2n) is 3.03. The van der Waals surface area contributed by atoms with E-state index in [1.807, 2.05) is 19.1 Å². The number of hydrogen-bond donors (Lipinski definition) is 0. The smallest absolute Gasteiger partial charge is 0.188 e. The van der Waals surface area contributed by atoms with Gasteiger partial charge in [0.05, 0.1) is 5.39 Å². The lowest BCUT2D eigenvalue weighted by atomic mass is 10.1. The zero-order valence-corrected chi connectivity index (χ0v) is 7.88. The van der Waals surface area contributed by atoms with E-state index in [1.54, 1.807) is 12.3 Å². The maximum atomic E-state index is 11.0. The first-order valence-electron chi connectivity index (χ1n) is 3.95. The minimum atomic E-state index is 0.702. The molecule has 1 aromatic carbocycles. The molecule has 2 aromatic rings. The van der Waals surface area contributed by atoms with Crippen molar-refractivity contribution in [2.24, 2.45) is 0 Å². The van der Waals surface area contributed by atoms with E-state index in [4.69, 9.17) is 11.6 Å². The average molecular weight is 194 g/mol. The molecule has 2 rings (SSSR count). The fourth-order valence-corrected chi connectivity index (χ4v) is 1.70. The normalized spacial score (nSPS) is 10.6. The zero-order chi connectivity index (χ0) is 9.42. The molecule has 0 radical (unpaired) electrons. The summed E-state index contributed by atoms with van der Waals surface area (Å²) in [6.07, 6.45) is 3.03. The third kappa shape index (κ3) is 1.45. The van der Waals surface area contributed by atoms with E-state index in [1.165, 1.54) is 6.20 Å². The molecule has 0 bridgehead atoms. The van der Waals surface area contributed by atoms with Gasteiger partial charge in [0.2, 0.25) is 0 Å². The highest BCUT2D eigenvalue weighted by Crippen LogP contribution is 2.21. The molecule has 2 nitrogen and oxygen atoms in total. The molecule has 13 heavy (non-hydrogen) atoms. The van der Waals surface area contributed by atoms with Gasteiger partial charge in [0.25, 0.3) is 0 Å². The summed E-state index contributed by atoms with van der Waals surface area (Å²) in [5.74, 6) is 0. The number of pyridine rings is 1. The molecule has 66 valence electrons. The van der Waals surface area contributed by atoms with Crippen molar-refractivity contribution in [3.8, 4) is 0 Å². The lowest BCUT2D eigenvalue weighted by Crippen LogP contribution is -2.23. The molecular weight excluding hydrogens is 186 g/mol. The molecule has 0 spiro atoms. The number of nitrogens with zero attached hydrogens (tertiary/aromatic N) is 1. The molecule has 0 aliphatic carbocycles. The molecule has 0 aliphatic heterocycles.